The largest absolute Gasteiger partial charge is 0.313 e. The number of nitrogens with one attached hydrogen (secondary N) is 3. The van der Waals surface area contributed by atoms with E-state index >= 15 is 0 Å². The van der Waals surface area contributed by atoms with E-state index in [-0.39, 0.29) is 5.03 Å². The molecule has 116 valence electrons. The SMILES string of the molecule is CCCCCCNS(=O)(=O)c1[nH]ncc1CNCCC. The highest BCUT2D eigenvalue weighted by atomic mass is 32.2. The van der Waals surface area contributed by atoms with Crippen LogP contribution in [-0.2, 0) is 16.6 Å². The quantitative estimate of drug-likeness (QED) is 0.544. The van der Waals surface area contributed by atoms with Crippen molar-refractivity contribution in [3.63, 3.8) is 0 Å². The van der Waals surface area contributed by atoms with Gasteiger partial charge in [-0.05, 0) is 19.4 Å². The van der Waals surface area contributed by atoms with Gasteiger partial charge in [0, 0.05) is 18.7 Å². The van der Waals surface area contributed by atoms with E-state index in [1.807, 2.05) is 0 Å². The van der Waals surface area contributed by atoms with Crippen LogP contribution in [0.3, 0.4) is 0 Å². The van der Waals surface area contributed by atoms with Crippen molar-refractivity contribution in [3.8, 4) is 0 Å². The number of hydrogen-bond donors (Lipinski definition) is 3. The molecule has 0 unspecified atom stereocenters. The van der Waals surface area contributed by atoms with Gasteiger partial charge in [0.1, 0.15) is 0 Å². The van der Waals surface area contributed by atoms with Gasteiger partial charge in [-0.3, -0.25) is 5.10 Å². The number of aromatic nitrogens is 2. The molecule has 1 aromatic heterocycles. The van der Waals surface area contributed by atoms with Crippen LogP contribution < -0.4 is 10.0 Å². The zero-order valence-corrected chi connectivity index (χ0v) is 13.2. The molecule has 0 aromatic carbocycles. The Morgan fingerprint density at radius 1 is 1.15 bits per heavy atom. The van der Waals surface area contributed by atoms with Gasteiger partial charge in [0.25, 0.3) is 10.0 Å². The van der Waals surface area contributed by atoms with Crippen molar-refractivity contribution in [2.75, 3.05) is 13.1 Å². The number of nitrogens with zero attached hydrogens (tertiary/aromatic N) is 1. The van der Waals surface area contributed by atoms with Gasteiger partial charge in [0.05, 0.1) is 6.20 Å². The van der Waals surface area contributed by atoms with E-state index < -0.39 is 10.0 Å². The number of hydrogen-bond acceptors (Lipinski definition) is 4. The van der Waals surface area contributed by atoms with Crippen molar-refractivity contribution in [2.24, 2.45) is 0 Å². The summed E-state index contributed by atoms with van der Waals surface area (Å²) >= 11 is 0. The molecule has 0 spiro atoms. The fraction of sp³-hybridized carbons (Fsp3) is 0.769. The Morgan fingerprint density at radius 3 is 2.65 bits per heavy atom. The van der Waals surface area contributed by atoms with Gasteiger partial charge in [-0.2, -0.15) is 5.10 Å². The van der Waals surface area contributed by atoms with Crippen molar-refractivity contribution < 1.29 is 8.42 Å². The summed E-state index contributed by atoms with van der Waals surface area (Å²) in [6.07, 6.45) is 6.76. The van der Waals surface area contributed by atoms with Crippen LogP contribution in [0, 0.1) is 0 Å². The van der Waals surface area contributed by atoms with Gasteiger partial charge >= 0.3 is 0 Å². The number of aromatic amines is 1. The summed E-state index contributed by atoms with van der Waals surface area (Å²) < 4.78 is 27.0. The second-order valence-electron chi connectivity index (χ2n) is 4.86. The first-order chi connectivity index (χ1) is 9.61. The zero-order chi connectivity index (χ0) is 14.8. The summed E-state index contributed by atoms with van der Waals surface area (Å²) in [4.78, 5) is 0. The lowest BCUT2D eigenvalue weighted by atomic mass is 10.2. The van der Waals surface area contributed by atoms with Gasteiger partial charge in [-0.15, -0.1) is 0 Å². The molecular formula is C13H26N4O2S. The van der Waals surface area contributed by atoms with E-state index in [0.717, 1.165) is 38.6 Å². The maximum Gasteiger partial charge on any atom is 0.257 e. The van der Waals surface area contributed by atoms with Crippen LogP contribution in [0.15, 0.2) is 11.2 Å². The minimum absolute atomic E-state index is 0.177. The highest BCUT2D eigenvalue weighted by Gasteiger charge is 2.19. The van der Waals surface area contributed by atoms with Gasteiger partial charge in [0.2, 0.25) is 0 Å². The first kappa shape index (κ1) is 17.1. The van der Waals surface area contributed by atoms with Gasteiger partial charge in [-0.1, -0.05) is 33.1 Å². The smallest absolute Gasteiger partial charge is 0.257 e. The molecule has 6 nitrogen and oxygen atoms in total. The van der Waals surface area contributed by atoms with Gasteiger partial charge < -0.3 is 5.32 Å². The maximum absolute atomic E-state index is 12.2. The molecular weight excluding hydrogens is 276 g/mol. The molecule has 0 atom stereocenters. The molecule has 3 N–H and O–H groups in total. The van der Waals surface area contributed by atoms with Crippen molar-refractivity contribution in [2.45, 2.75) is 57.5 Å². The molecule has 20 heavy (non-hydrogen) atoms. The van der Waals surface area contributed by atoms with Crippen LogP contribution in [0.1, 0.15) is 51.5 Å². The lowest BCUT2D eigenvalue weighted by Crippen LogP contribution is -2.27. The normalized spacial score (nSPS) is 11.9. The van der Waals surface area contributed by atoms with Gasteiger partial charge in [0.15, 0.2) is 5.03 Å². The molecule has 0 fully saturated rings. The van der Waals surface area contributed by atoms with E-state index in [4.69, 9.17) is 0 Å². The third-order valence-corrected chi connectivity index (χ3v) is 4.49. The summed E-state index contributed by atoms with van der Waals surface area (Å²) in [5.74, 6) is 0. The lowest BCUT2D eigenvalue weighted by molar-refractivity contribution is 0.566. The number of sulfonamides is 1. The molecule has 0 amide bonds. The standard InChI is InChI=1S/C13H26N4O2S/c1-3-5-6-7-9-16-20(18,19)13-12(11-15-17-13)10-14-8-4-2/h11,14,16H,3-10H2,1-2H3,(H,15,17). The Morgan fingerprint density at radius 2 is 1.95 bits per heavy atom. The fourth-order valence-corrected chi connectivity index (χ4v) is 3.09. The summed E-state index contributed by atoms with van der Waals surface area (Å²) in [5.41, 5.74) is 0.680. The molecule has 0 aliphatic rings. The van der Waals surface area contributed by atoms with Crippen LogP contribution in [0.2, 0.25) is 0 Å². The van der Waals surface area contributed by atoms with Crippen LogP contribution in [0.25, 0.3) is 0 Å². The number of rotatable bonds is 11. The summed E-state index contributed by atoms with van der Waals surface area (Å²) in [6, 6.07) is 0. The third kappa shape index (κ3) is 5.60. The Bertz CT molecular complexity index is 470. The first-order valence-corrected chi connectivity index (χ1v) is 8.82. The van der Waals surface area contributed by atoms with Crippen LogP contribution in [0.4, 0.5) is 0 Å². The maximum atomic E-state index is 12.2. The summed E-state index contributed by atoms with van der Waals surface area (Å²) in [7, 11) is -3.48. The monoisotopic (exact) mass is 302 g/mol. The molecule has 0 saturated heterocycles. The number of H-pyrrole nitrogens is 1. The van der Waals surface area contributed by atoms with Crippen molar-refractivity contribution in [3.05, 3.63) is 11.8 Å². The minimum atomic E-state index is -3.48. The highest BCUT2D eigenvalue weighted by Crippen LogP contribution is 2.11. The van der Waals surface area contributed by atoms with Crippen molar-refractivity contribution >= 4 is 10.0 Å². The Balaban J connectivity index is 2.52. The minimum Gasteiger partial charge on any atom is -0.313 e. The highest BCUT2D eigenvalue weighted by molar-refractivity contribution is 7.89. The summed E-state index contributed by atoms with van der Waals surface area (Å²) in [5, 5.41) is 9.78. The van der Waals surface area contributed by atoms with E-state index in [1.165, 1.54) is 0 Å². The predicted octanol–water partition coefficient (Wildman–Crippen LogP) is 1.77. The molecule has 0 radical (unpaired) electrons. The van der Waals surface area contributed by atoms with Gasteiger partial charge in [-0.25, -0.2) is 13.1 Å². The number of unbranched alkanes of at least 4 members (excludes halogenated alkanes) is 3. The molecule has 0 aliphatic carbocycles. The Kier molecular flexibility index (Phi) is 7.79. The second-order valence-corrected chi connectivity index (χ2v) is 6.56. The lowest BCUT2D eigenvalue weighted by Gasteiger charge is -2.07. The van der Waals surface area contributed by atoms with Crippen LogP contribution >= 0.6 is 0 Å². The van der Waals surface area contributed by atoms with E-state index in [2.05, 4.69) is 34.1 Å². The third-order valence-electron chi connectivity index (χ3n) is 3.01. The fourth-order valence-electron chi connectivity index (χ4n) is 1.89. The van der Waals surface area contributed by atoms with E-state index in [0.29, 0.717) is 18.7 Å². The Labute approximate surface area is 121 Å². The summed E-state index contributed by atoms with van der Waals surface area (Å²) in [6.45, 7) is 6.04. The first-order valence-electron chi connectivity index (χ1n) is 7.34. The average Bonchev–Trinajstić information content (AvgIpc) is 2.88. The van der Waals surface area contributed by atoms with E-state index in [1.54, 1.807) is 6.20 Å². The molecule has 0 bridgehead atoms. The molecule has 0 saturated carbocycles. The molecule has 1 aromatic rings. The average molecular weight is 302 g/mol. The zero-order valence-electron chi connectivity index (χ0n) is 12.4. The topological polar surface area (TPSA) is 86.9 Å². The Hall–Kier alpha value is -0.920. The molecule has 1 rings (SSSR count). The molecule has 1 heterocycles. The van der Waals surface area contributed by atoms with Crippen molar-refractivity contribution in [1.29, 1.82) is 0 Å². The predicted molar refractivity (Wildman–Crippen MR) is 79.9 cm³/mol. The van der Waals surface area contributed by atoms with Crippen molar-refractivity contribution in [1.82, 2.24) is 20.2 Å². The molecule has 7 heteroatoms. The molecule has 0 aliphatic heterocycles. The van der Waals surface area contributed by atoms with Crippen LogP contribution in [0.5, 0.6) is 0 Å². The van der Waals surface area contributed by atoms with Crippen LogP contribution in [-0.4, -0.2) is 31.7 Å². The second kappa shape index (κ2) is 9.10. The van der Waals surface area contributed by atoms with E-state index in [9.17, 15) is 8.42 Å².